The number of hydrogen-bond donors (Lipinski definition) is 1. The first-order chi connectivity index (χ1) is 9.30. The summed E-state index contributed by atoms with van der Waals surface area (Å²) in [6.45, 7) is 4.12. The summed E-state index contributed by atoms with van der Waals surface area (Å²) in [5, 5.41) is 13.0. The van der Waals surface area contributed by atoms with Crippen LogP contribution in [0.25, 0.3) is 0 Å². The molecule has 1 N–H and O–H groups in total. The topological polar surface area (TPSA) is 45.0 Å². The Kier molecular flexibility index (Phi) is 4.95. The molecule has 0 heterocycles. The van der Waals surface area contributed by atoms with Gasteiger partial charge < -0.3 is 4.74 Å². The normalized spacial score (nSPS) is 17.7. The quantitative estimate of drug-likeness (QED) is 0.780. The number of ether oxygens (including phenoxy) is 1. The van der Waals surface area contributed by atoms with Gasteiger partial charge in [0.2, 0.25) is 0 Å². The Morgan fingerprint density at radius 3 is 2.68 bits per heavy atom. The molecule has 1 saturated carbocycles. The van der Waals surface area contributed by atoms with Crippen molar-refractivity contribution in [2.24, 2.45) is 5.92 Å². The van der Waals surface area contributed by atoms with Gasteiger partial charge in [0.1, 0.15) is 0 Å². The summed E-state index contributed by atoms with van der Waals surface area (Å²) in [6, 6.07) is 12.3. The van der Waals surface area contributed by atoms with Crippen LogP contribution in [-0.2, 0) is 10.3 Å². The van der Waals surface area contributed by atoms with Crippen LogP contribution in [0, 0.1) is 17.2 Å². The second-order valence-corrected chi connectivity index (χ2v) is 5.27. The monoisotopic (exact) mass is 258 g/mol. The van der Waals surface area contributed by atoms with Crippen molar-refractivity contribution < 1.29 is 4.74 Å². The molecule has 0 saturated heterocycles. The average molecular weight is 258 g/mol. The number of nitriles is 1. The largest absolute Gasteiger partial charge is 0.378 e. The molecule has 19 heavy (non-hydrogen) atoms. The molecule has 1 aromatic rings. The van der Waals surface area contributed by atoms with Gasteiger partial charge in [-0.1, -0.05) is 37.3 Å². The molecule has 1 aliphatic rings. The van der Waals surface area contributed by atoms with Gasteiger partial charge in [-0.05, 0) is 37.3 Å². The van der Waals surface area contributed by atoms with Crippen molar-refractivity contribution in [1.29, 1.82) is 5.26 Å². The summed E-state index contributed by atoms with van der Waals surface area (Å²) >= 11 is 0. The van der Waals surface area contributed by atoms with Crippen molar-refractivity contribution in [2.45, 2.75) is 31.7 Å². The molecule has 0 radical (unpaired) electrons. The van der Waals surface area contributed by atoms with E-state index in [1.54, 1.807) is 0 Å². The van der Waals surface area contributed by atoms with E-state index in [1.807, 2.05) is 30.3 Å². The van der Waals surface area contributed by atoms with E-state index in [0.29, 0.717) is 6.61 Å². The molecule has 0 bridgehead atoms. The lowest BCUT2D eigenvalue weighted by atomic mass is 9.92. The van der Waals surface area contributed by atoms with Gasteiger partial charge in [-0.2, -0.15) is 5.26 Å². The fourth-order valence-corrected chi connectivity index (χ4v) is 2.10. The molecule has 3 heteroatoms. The average Bonchev–Trinajstić information content (AvgIpc) is 3.28. The standard InChI is InChI=1S/C16H22N2O/c1-2-10-18-16(12-17,13-19-11-14-8-9-14)15-6-4-3-5-7-15/h3-7,14,18H,2,8-11,13H2,1H3. The van der Waals surface area contributed by atoms with E-state index in [0.717, 1.165) is 31.1 Å². The highest BCUT2D eigenvalue weighted by Gasteiger charge is 2.33. The van der Waals surface area contributed by atoms with Crippen LogP contribution in [0.4, 0.5) is 0 Å². The fraction of sp³-hybridized carbons (Fsp3) is 0.562. The van der Waals surface area contributed by atoms with Gasteiger partial charge in [0.15, 0.2) is 5.54 Å². The third kappa shape index (κ3) is 3.79. The molecule has 1 aromatic carbocycles. The van der Waals surface area contributed by atoms with Crippen LogP contribution in [0.1, 0.15) is 31.7 Å². The Morgan fingerprint density at radius 2 is 2.11 bits per heavy atom. The Hall–Kier alpha value is -1.37. The van der Waals surface area contributed by atoms with Crippen LogP contribution in [0.15, 0.2) is 30.3 Å². The van der Waals surface area contributed by atoms with E-state index in [2.05, 4.69) is 18.3 Å². The van der Waals surface area contributed by atoms with Gasteiger partial charge in [-0.25, -0.2) is 0 Å². The van der Waals surface area contributed by atoms with Gasteiger partial charge in [0.25, 0.3) is 0 Å². The third-order valence-corrected chi connectivity index (χ3v) is 3.50. The predicted molar refractivity (Wildman–Crippen MR) is 75.6 cm³/mol. The number of nitrogens with zero attached hydrogens (tertiary/aromatic N) is 1. The second kappa shape index (κ2) is 6.70. The van der Waals surface area contributed by atoms with Crippen LogP contribution in [0.2, 0.25) is 0 Å². The number of rotatable bonds is 8. The van der Waals surface area contributed by atoms with Gasteiger partial charge in [0.05, 0.1) is 12.7 Å². The summed E-state index contributed by atoms with van der Waals surface area (Å²) in [7, 11) is 0. The van der Waals surface area contributed by atoms with E-state index < -0.39 is 5.54 Å². The molecule has 0 spiro atoms. The summed E-state index contributed by atoms with van der Waals surface area (Å²) in [5.74, 6) is 0.721. The van der Waals surface area contributed by atoms with E-state index >= 15 is 0 Å². The molecule has 1 fully saturated rings. The Bertz CT molecular complexity index is 422. The van der Waals surface area contributed by atoms with Crippen molar-refractivity contribution in [3.63, 3.8) is 0 Å². The summed E-state index contributed by atoms with van der Waals surface area (Å²) in [6.07, 6.45) is 3.54. The zero-order valence-electron chi connectivity index (χ0n) is 11.6. The minimum atomic E-state index is -0.716. The van der Waals surface area contributed by atoms with Crippen molar-refractivity contribution in [3.8, 4) is 6.07 Å². The van der Waals surface area contributed by atoms with E-state index in [4.69, 9.17) is 4.74 Å². The molecule has 0 aromatic heterocycles. The fourth-order valence-electron chi connectivity index (χ4n) is 2.10. The van der Waals surface area contributed by atoms with E-state index in [9.17, 15) is 5.26 Å². The SMILES string of the molecule is CCCNC(C#N)(COCC1CC1)c1ccccc1. The molecular formula is C16H22N2O. The first-order valence-electron chi connectivity index (χ1n) is 7.10. The minimum absolute atomic E-state index is 0.421. The first-order valence-corrected chi connectivity index (χ1v) is 7.10. The van der Waals surface area contributed by atoms with Crippen molar-refractivity contribution in [2.75, 3.05) is 19.8 Å². The number of nitrogens with one attached hydrogen (secondary N) is 1. The maximum absolute atomic E-state index is 9.64. The maximum Gasteiger partial charge on any atom is 0.155 e. The van der Waals surface area contributed by atoms with Gasteiger partial charge in [0, 0.05) is 6.61 Å². The zero-order valence-corrected chi connectivity index (χ0v) is 11.6. The lowest BCUT2D eigenvalue weighted by Gasteiger charge is -2.28. The molecule has 0 aliphatic heterocycles. The van der Waals surface area contributed by atoms with Gasteiger partial charge >= 0.3 is 0 Å². The Labute approximate surface area is 115 Å². The lowest BCUT2D eigenvalue weighted by molar-refractivity contribution is 0.0811. The molecule has 1 atom stereocenters. The van der Waals surface area contributed by atoms with E-state index in [-0.39, 0.29) is 0 Å². The van der Waals surface area contributed by atoms with Crippen LogP contribution in [0.5, 0.6) is 0 Å². The third-order valence-electron chi connectivity index (χ3n) is 3.50. The van der Waals surface area contributed by atoms with Crippen LogP contribution in [0.3, 0.4) is 0 Å². The molecule has 1 aliphatic carbocycles. The zero-order chi connectivity index (χ0) is 13.6. The minimum Gasteiger partial charge on any atom is -0.378 e. The van der Waals surface area contributed by atoms with Crippen molar-refractivity contribution >= 4 is 0 Å². The number of benzene rings is 1. The molecule has 0 amide bonds. The van der Waals surface area contributed by atoms with Crippen LogP contribution in [-0.4, -0.2) is 19.8 Å². The summed E-state index contributed by atoms with van der Waals surface area (Å²) in [5.41, 5.74) is 0.272. The van der Waals surface area contributed by atoms with Crippen LogP contribution >= 0.6 is 0 Å². The highest BCUT2D eigenvalue weighted by Crippen LogP contribution is 2.30. The Balaban J connectivity index is 2.07. The molecule has 3 nitrogen and oxygen atoms in total. The molecule has 102 valence electrons. The van der Waals surface area contributed by atoms with E-state index in [1.165, 1.54) is 12.8 Å². The van der Waals surface area contributed by atoms with Gasteiger partial charge in [-0.15, -0.1) is 0 Å². The smallest absolute Gasteiger partial charge is 0.155 e. The predicted octanol–water partition coefficient (Wildman–Crippen LogP) is 2.83. The van der Waals surface area contributed by atoms with Gasteiger partial charge in [-0.3, -0.25) is 5.32 Å². The number of hydrogen-bond acceptors (Lipinski definition) is 3. The summed E-state index contributed by atoms with van der Waals surface area (Å²) < 4.78 is 5.78. The maximum atomic E-state index is 9.64. The van der Waals surface area contributed by atoms with Crippen molar-refractivity contribution in [1.82, 2.24) is 5.32 Å². The second-order valence-electron chi connectivity index (χ2n) is 5.27. The van der Waals surface area contributed by atoms with Crippen molar-refractivity contribution in [3.05, 3.63) is 35.9 Å². The first kappa shape index (κ1) is 14.0. The molecule has 1 unspecified atom stereocenters. The highest BCUT2D eigenvalue weighted by atomic mass is 16.5. The summed E-state index contributed by atoms with van der Waals surface area (Å²) in [4.78, 5) is 0. The highest BCUT2D eigenvalue weighted by molar-refractivity contribution is 5.31. The Morgan fingerprint density at radius 1 is 1.37 bits per heavy atom. The molecule has 2 rings (SSSR count). The lowest BCUT2D eigenvalue weighted by Crippen LogP contribution is -2.45. The molecular weight excluding hydrogens is 236 g/mol. The van der Waals surface area contributed by atoms with Crippen LogP contribution < -0.4 is 5.32 Å².